The zero-order valence-corrected chi connectivity index (χ0v) is 10.9. The van der Waals surface area contributed by atoms with Gasteiger partial charge in [0.15, 0.2) is 0 Å². The van der Waals surface area contributed by atoms with Crippen molar-refractivity contribution in [1.82, 2.24) is 0 Å². The van der Waals surface area contributed by atoms with Crippen LogP contribution in [0.15, 0.2) is 0 Å². The average Bonchev–Trinajstić information content (AvgIpc) is 2.96. The molecule has 1 aliphatic carbocycles. The van der Waals surface area contributed by atoms with E-state index in [9.17, 15) is 4.79 Å². The summed E-state index contributed by atoms with van der Waals surface area (Å²) in [4.78, 5) is 14.0. The van der Waals surface area contributed by atoms with Crippen LogP contribution in [-0.2, 0) is 9.53 Å². The number of methoxy groups -OCH3 is 1. The van der Waals surface area contributed by atoms with Gasteiger partial charge in [-0.3, -0.25) is 15.5 Å². The summed E-state index contributed by atoms with van der Waals surface area (Å²) in [5.41, 5.74) is 5.64. The fraction of sp³-hybridized carbons (Fsp3) is 0.750. The Balaban J connectivity index is 0.00000196. The lowest BCUT2D eigenvalue weighted by Gasteiger charge is -2.16. The molecule has 0 radical (unpaired) electrons. The van der Waals surface area contributed by atoms with Crippen LogP contribution in [0.3, 0.4) is 0 Å². The van der Waals surface area contributed by atoms with Crippen molar-refractivity contribution in [2.75, 3.05) is 14.2 Å². The van der Waals surface area contributed by atoms with Crippen molar-refractivity contribution in [3.05, 3.63) is 0 Å². The molecule has 0 bridgehead atoms. The monoisotopic (exact) mass is 272 g/mol. The van der Waals surface area contributed by atoms with Crippen molar-refractivity contribution < 1.29 is 26.9 Å². The van der Waals surface area contributed by atoms with Crippen LogP contribution in [0, 0.1) is 0 Å². The molecule has 0 spiro atoms. The molecule has 1 fully saturated rings. The zero-order valence-electron chi connectivity index (χ0n) is 8.55. The summed E-state index contributed by atoms with van der Waals surface area (Å²) >= 11 is 7.41. The van der Waals surface area contributed by atoms with Crippen molar-refractivity contribution in [2.45, 2.75) is 23.0 Å². The zero-order chi connectivity index (χ0) is 10.8. The normalized spacial score (nSPS) is 20.1. The lowest BCUT2D eigenvalue weighted by molar-refractivity contribution is -0.417. The van der Waals surface area contributed by atoms with Gasteiger partial charge in [-0.05, 0) is 24.6 Å². The lowest BCUT2D eigenvalue weighted by Crippen LogP contribution is -3.00. The second-order valence-corrected chi connectivity index (χ2v) is 5.06. The van der Waals surface area contributed by atoms with Gasteiger partial charge in [0.1, 0.15) is 5.38 Å². The topological polar surface area (TPSA) is 66.3 Å². The number of alkyl halides is 1. The highest BCUT2D eigenvalue weighted by atomic mass is 35.5. The molecule has 1 unspecified atom stereocenters. The number of esters is 1. The molecule has 1 saturated carbocycles. The van der Waals surface area contributed by atoms with Gasteiger partial charge in [-0.1, -0.05) is 0 Å². The summed E-state index contributed by atoms with van der Waals surface area (Å²) in [6.45, 7) is 0. The van der Waals surface area contributed by atoms with Gasteiger partial charge in [0.25, 0.3) is 0 Å². The van der Waals surface area contributed by atoms with Crippen molar-refractivity contribution >= 4 is 34.5 Å². The van der Waals surface area contributed by atoms with Crippen LogP contribution in [0.5, 0.6) is 0 Å². The third-order valence-electron chi connectivity index (χ3n) is 2.17. The molecule has 0 aromatic heterocycles. The molecule has 7 heteroatoms. The van der Waals surface area contributed by atoms with Crippen LogP contribution < -0.4 is 23.1 Å². The summed E-state index contributed by atoms with van der Waals surface area (Å²) in [6.07, 6.45) is 1.78. The third kappa shape index (κ3) is 3.43. The van der Waals surface area contributed by atoms with Crippen molar-refractivity contribution in [1.29, 1.82) is 0 Å². The molecule has 3 N–H and O–H groups in total. The predicted molar refractivity (Wildman–Crippen MR) is 57.3 cm³/mol. The molecule has 15 heavy (non-hydrogen) atoms. The van der Waals surface area contributed by atoms with Gasteiger partial charge in [0, 0.05) is 0 Å². The van der Waals surface area contributed by atoms with Gasteiger partial charge in [-0.15, -0.1) is 11.6 Å². The Kier molecular flexibility index (Phi) is 5.77. The largest absolute Gasteiger partial charge is 1.00 e. The molecule has 0 aliphatic heterocycles. The highest BCUT2D eigenvalue weighted by Crippen LogP contribution is 2.52. The van der Waals surface area contributed by atoms with E-state index in [0.717, 1.165) is 12.8 Å². The Morgan fingerprint density at radius 3 is 2.53 bits per heavy atom. The Hall–Kier alpha value is -0.130. The number of hydrogen-bond donors (Lipinski definition) is 2. The molecule has 88 valence electrons. The van der Waals surface area contributed by atoms with E-state index >= 15 is 0 Å². The minimum absolute atomic E-state index is 0. The van der Waals surface area contributed by atoms with E-state index in [4.69, 9.17) is 17.3 Å². The Bertz CT molecular complexity index is 269. The first-order valence-corrected chi connectivity index (χ1v) is 5.52. The van der Waals surface area contributed by atoms with Gasteiger partial charge in [-0.25, -0.2) is 0 Å². The summed E-state index contributed by atoms with van der Waals surface area (Å²) in [5.74, 6) is -0.388. The smallest absolute Gasteiger partial charge is 0.325 e. The molecule has 0 saturated heterocycles. The molecule has 1 aliphatic rings. The van der Waals surface area contributed by atoms with E-state index < -0.39 is 5.38 Å². The summed E-state index contributed by atoms with van der Waals surface area (Å²) in [5, 5.41) is -0.0403. The maximum absolute atomic E-state index is 11.2. The van der Waals surface area contributed by atoms with Gasteiger partial charge >= 0.3 is 11.1 Å². The fourth-order valence-corrected chi connectivity index (χ4v) is 2.61. The van der Waals surface area contributed by atoms with Crippen LogP contribution >= 0.6 is 23.4 Å². The summed E-state index contributed by atoms with van der Waals surface area (Å²) < 4.78 is 4.34. The Morgan fingerprint density at radius 1 is 1.67 bits per heavy atom. The number of ether oxygens (including phenoxy) is 1. The quantitative estimate of drug-likeness (QED) is 0.238. The Morgan fingerprint density at radius 2 is 2.20 bits per heavy atom. The molecular weight excluding hydrogens is 259 g/mol. The van der Waals surface area contributed by atoms with Crippen LogP contribution in [-0.4, -0.2) is 35.4 Å². The standard InChI is InChI=1S/C8H13ClN2O2S.ClH/c1-11-7(10)14-8(3-4-8)5(9)6(12)13-2;/h5H,3-4H2,1-2H3,(H2,10,11);1H. The third-order valence-corrected chi connectivity index (χ3v) is 4.37. The number of hydrogen-bond acceptors (Lipinski definition) is 3. The fourth-order valence-electron chi connectivity index (χ4n) is 1.12. The van der Waals surface area contributed by atoms with Crippen molar-refractivity contribution in [3.8, 4) is 0 Å². The minimum Gasteiger partial charge on any atom is -1.00 e. The van der Waals surface area contributed by atoms with E-state index in [1.807, 2.05) is 0 Å². The number of halogens is 2. The number of carbonyl (C=O) groups is 1. The second-order valence-electron chi connectivity index (χ2n) is 3.17. The van der Waals surface area contributed by atoms with E-state index in [1.54, 1.807) is 7.05 Å². The van der Waals surface area contributed by atoms with Crippen LogP contribution in [0.25, 0.3) is 0 Å². The van der Waals surface area contributed by atoms with Crippen LogP contribution in [0.1, 0.15) is 12.8 Å². The van der Waals surface area contributed by atoms with E-state index in [2.05, 4.69) is 9.73 Å². The maximum atomic E-state index is 11.2. The number of thioether (sulfide) groups is 1. The predicted octanol–water partition coefficient (Wildman–Crippen LogP) is -3.94. The second kappa shape index (κ2) is 5.82. The summed E-state index contributed by atoms with van der Waals surface area (Å²) in [7, 11) is 3.07. The van der Waals surface area contributed by atoms with Crippen LogP contribution in [0.4, 0.5) is 0 Å². The number of nitrogens with one attached hydrogen (secondary N) is 1. The van der Waals surface area contributed by atoms with Crippen LogP contribution in [0.2, 0.25) is 0 Å². The first-order chi connectivity index (χ1) is 6.55. The SMILES string of the molecule is C[NH+]=C(N)SC1(C(Cl)C(=O)OC)CC1.[Cl-]. The van der Waals surface area contributed by atoms with Gasteiger partial charge in [-0.2, -0.15) is 0 Å². The van der Waals surface area contributed by atoms with E-state index in [0.29, 0.717) is 5.17 Å². The number of nitrogens with two attached hydrogens (primary N) is 1. The molecular formula is C8H14Cl2N2O2S. The number of amidine groups is 1. The van der Waals surface area contributed by atoms with Crippen molar-refractivity contribution in [3.63, 3.8) is 0 Å². The number of carbonyl (C=O) groups excluding carboxylic acids is 1. The number of rotatable bonds is 3. The highest BCUT2D eigenvalue weighted by Gasteiger charge is 2.55. The highest BCUT2D eigenvalue weighted by molar-refractivity contribution is 8.15. The molecule has 0 amide bonds. The first-order valence-electron chi connectivity index (χ1n) is 4.27. The molecule has 0 heterocycles. The van der Waals surface area contributed by atoms with E-state index in [1.165, 1.54) is 18.9 Å². The Labute approximate surface area is 104 Å². The molecule has 1 atom stereocenters. The first kappa shape index (κ1) is 14.9. The molecule has 1 rings (SSSR count). The maximum Gasteiger partial charge on any atom is 0.325 e. The van der Waals surface area contributed by atoms with Gasteiger partial charge < -0.3 is 17.1 Å². The summed E-state index contributed by atoms with van der Waals surface area (Å²) in [6, 6.07) is 0. The average molecular weight is 273 g/mol. The van der Waals surface area contributed by atoms with Crippen molar-refractivity contribution in [2.24, 2.45) is 5.73 Å². The van der Waals surface area contributed by atoms with E-state index in [-0.39, 0.29) is 23.1 Å². The minimum atomic E-state index is -0.621. The molecule has 4 nitrogen and oxygen atoms in total. The lowest BCUT2D eigenvalue weighted by atomic mass is 10.3. The molecule has 0 aromatic carbocycles. The van der Waals surface area contributed by atoms with Gasteiger partial charge in [0.05, 0.1) is 18.9 Å². The molecule has 0 aromatic rings. The van der Waals surface area contributed by atoms with Gasteiger partial charge in [0.2, 0.25) is 0 Å².